The second kappa shape index (κ2) is 10.2. The zero-order valence-electron chi connectivity index (χ0n) is 16.6. The lowest BCUT2D eigenvalue weighted by atomic mass is 10.0. The molecule has 152 valence electrons. The van der Waals surface area contributed by atoms with Crippen molar-refractivity contribution in [2.24, 2.45) is 5.92 Å². The van der Waals surface area contributed by atoms with Crippen LogP contribution < -0.4 is 5.32 Å². The number of nitrogens with zero attached hydrogens (tertiary/aromatic N) is 2. The number of hydrogen-bond acceptors (Lipinski definition) is 3. The molecule has 3 rings (SSSR count). The van der Waals surface area contributed by atoms with Crippen molar-refractivity contribution in [2.75, 3.05) is 32.7 Å². The minimum atomic E-state index is -0.153. The second-order valence-electron chi connectivity index (χ2n) is 7.89. The van der Waals surface area contributed by atoms with E-state index < -0.39 is 0 Å². The summed E-state index contributed by atoms with van der Waals surface area (Å²) in [6.45, 7) is 2.28. The summed E-state index contributed by atoms with van der Waals surface area (Å²) in [5.74, 6) is 0.709. The highest BCUT2D eigenvalue weighted by Gasteiger charge is 2.25. The van der Waals surface area contributed by atoms with Crippen molar-refractivity contribution in [1.29, 1.82) is 0 Å². The van der Waals surface area contributed by atoms with Crippen LogP contribution in [0.1, 0.15) is 44.1 Å². The van der Waals surface area contributed by atoms with Gasteiger partial charge < -0.3 is 15.1 Å². The number of carbonyl (C=O) groups excluding carboxylic acids is 3. The summed E-state index contributed by atoms with van der Waals surface area (Å²) >= 11 is 0. The summed E-state index contributed by atoms with van der Waals surface area (Å²) in [7, 11) is 0. The number of piperazine rings is 1. The Bertz CT molecular complexity index is 663. The molecular weight excluding hydrogens is 354 g/mol. The predicted molar refractivity (Wildman–Crippen MR) is 108 cm³/mol. The molecule has 0 aromatic heterocycles. The molecule has 0 bridgehead atoms. The smallest absolute Gasteiger partial charge is 0.242 e. The van der Waals surface area contributed by atoms with Crippen molar-refractivity contribution in [3.05, 3.63) is 35.9 Å². The molecule has 1 aromatic carbocycles. The van der Waals surface area contributed by atoms with Crippen LogP contribution in [0.4, 0.5) is 0 Å². The average Bonchev–Trinajstić information content (AvgIpc) is 3.25. The Hall–Kier alpha value is -2.37. The molecule has 6 nitrogen and oxygen atoms in total. The molecule has 1 N–H and O–H groups in total. The van der Waals surface area contributed by atoms with Crippen molar-refractivity contribution in [3.63, 3.8) is 0 Å². The fourth-order valence-corrected chi connectivity index (χ4v) is 4.12. The fraction of sp³-hybridized carbons (Fsp3) is 0.591. The highest BCUT2D eigenvalue weighted by atomic mass is 16.2. The van der Waals surface area contributed by atoms with Crippen LogP contribution in [0.2, 0.25) is 0 Å². The zero-order valence-corrected chi connectivity index (χ0v) is 16.6. The molecule has 1 saturated carbocycles. The summed E-state index contributed by atoms with van der Waals surface area (Å²) in [5.41, 5.74) is 0.928. The molecule has 1 aromatic rings. The molecule has 3 amide bonds. The van der Waals surface area contributed by atoms with Crippen LogP contribution in [0.15, 0.2) is 30.3 Å². The molecule has 2 aliphatic rings. The van der Waals surface area contributed by atoms with E-state index in [4.69, 9.17) is 0 Å². The van der Waals surface area contributed by atoms with Gasteiger partial charge in [0.2, 0.25) is 17.7 Å². The van der Waals surface area contributed by atoms with Gasteiger partial charge in [0.05, 0.1) is 13.0 Å². The number of amides is 3. The van der Waals surface area contributed by atoms with E-state index in [0.29, 0.717) is 32.6 Å². The average molecular weight is 386 g/mol. The number of benzene rings is 1. The summed E-state index contributed by atoms with van der Waals surface area (Å²) in [6, 6.07) is 9.48. The Kier molecular flexibility index (Phi) is 7.46. The van der Waals surface area contributed by atoms with Crippen molar-refractivity contribution < 1.29 is 14.4 Å². The van der Waals surface area contributed by atoms with E-state index in [0.717, 1.165) is 17.9 Å². The maximum atomic E-state index is 12.4. The van der Waals surface area contributed by atoms with E-state index >= 15 is 0 Å². The molecule has 1 heterocycles. The number of hydrogen-bond donors (Lipinski definition) is 1. The molecule has 6 heteroatoms. The van der Waals surface area contributed by atoms with Crippen molar-refractivity contribution >= 4 is 17.7 Å². The Balaban J connectivity index is 1.33. The first-order valence-electron chi connectivity index (χ1n) is 10.5. The molecular formula is C22H31N3O3. The van der Waals surface area contributed by atoms with Gasteiger partial charge in [-0.15, -0.1) is 0 Å². The first-order chi connectivity index (χ1) is 13.6. The number of nitrogens with one attached hydrogen (secondary N) is 1. The van der Waals surface area contributed by atoms with Gasteiger partial charge in [0, 0.05) is 32.6 Å². The lowest BCUT2D eigenvalue weighted by Gasteiger charge is -2.35. The van der Waals surface area contributed by atoms with Crippen LogP contribution in [0, 0.1) is 5.92 Å². The third-order valence-electron chi connectivity index (χ3n) is 5.87. The normalized spacial score (nSPS) is 17.6. The van der Waals surface area contributed by atoms with Crippen LogP contribution in [0.25, 0.3) is 0 Å². The fourth-order valence-electron chi connectivity index (χ4n) is 4.12. The summed E-state index contributed by atoms with van der Waals surface area (Å²) in [5, 5.41) is 2.70. The molecule has 0 spiro atoms. The molecule has 0 atom stereocenters. The Morgan fingerprint density at radius 3 is 2.14 bits per heavy atom. The lowest BCUT2D eigenvalue weighted by molar-refractivity contribution is -0.139. The monoisotopic (exact) mass is 385 g/mol. The van der Waals surface area contributed by atoms with E-state index in [1.807, 2.05) is 35.2 Å². The second-order valence-corrected chi connectivity index (χ2v) is 7.89. The minimum Gasteiger partial charge on any atom is -0.347 e. The Morgan fingerprint density at radius 2 is 1.50 bits per heavy atom. The van der Waals surface area contributed by atoms with Gasteiger partial charge in [-0.05, 0) is 17.9 Å². The minimum absolute atomic E-state index is 0.0152. The third-order valence-corrected chi connectivity index (χ3v) is 5.87. The first-order valence-corrected chi connectivity index (χ1v) is 10.5. The van der Waals surface area contributed by atoms with Crippen LogP contribution in [-0.2, 0) is 20.8 Å². The van der Waals surface area contributed by atoms with Crippen LogP contribution in [0.3, 0.4) is 0 Å². The van der Waals surface area contributed by atoms with Gasteiger partial charge in [-0.2, -0.15) is 0 Å². The highest BCUT2D eigenvalue weighted by Crippen LogP contribution is 2.28. The molecule has 28 heavy (non-hydrogen) atoms. The van der Waals surface area contributed by atoms with Gasteiger partial charge >= 0.3 is 0 Å². The topological polar surface area (TPSA) is 69.7 Å². The van der Waals surface area contributed by atoms with Crippen molar-refractivity contribution in [3.8, 4) is 0 Å². The van der Waals surface area contributed by atoms with Crippen molar-refractivity contribution in [1.82, 2.24) is 15.1 Å². The van der Waals surface area contributed by atoms with Crippen LogP contribution in [0.5, 0.6) is 0 Å². The summed E-state index contributed by atoms with van der Waals surface area (Å²) in [6.07, 6.45) is 7.07. The molecule has 0 unspecified atom stereocenters. The maximum absolute atomic E-state index is 12.4. The largest absolute Gasteiger partial charge is 0.347 e. The summed E-state index contributed by atoms with van der Waals surface area (Å²) in [4.78, 5) is 40.3. The molecule has 2 fully saturated rings. The number of rotatable bonds is 7. The van der Waals surface area contributed by atoms with Gasteiger partial charge in [-0.25, -0.2) is 0 Å². The van der Waals surface area contributed by atoms with Gasteiger partial charge in [0.25, 0.3) is 0 Å². The third kappa shape index (κ3) is 6.08. The van der Waals surface area contributed by atoms with Crippen LogP contribution >= 0.6 is 0 Å². The molecule has 1 aliphatic heterocycles. The SMILES string of the molecule is O=C(Cc1ccccc1)NCC(=O)N1CCN(C(=O)CCC2CCCC2)CC1. The highest BCUT2D eigenvalue weighted by molar-refractivity contribution is 5.86. The van der Waals surface area contributed by atoms with Gasteiger partial charge in [0.1, 0.15) is 0 Å². The van der Waals surface area contributed by atoms with Gasteiger partial charge in [-0.1, -0.05) is 56.0 Å². The summed E-state index contributed by atoms with van der Waals surface area (Å²) < 4.78 is 0. The Morgan fingerprint density at radius 1 is 0.893 bits per heavy atom. The van der Waals surface area contributed by atoms with Crippen LogP contribution in [-0.4, -0.2) is 60.2 Å². The predicted octanol–water partition coefficient (Wildman–Crippen LogP) is 1.99. The molecule has 0 radical (unpaired) electrons. The van der Waals surface area contributed by atoms with E-state index in [-0.39, 0.29) is 30.7 Å². The molecule has 1 saturated heterocycles. The standard InChI is InChI=1S/C22H31N3O3/c26-20(16-19-8-2-1-3-9-19)23-17-22(28)25-14-12-24(13-15-25)21(27)11-10-18-6-4-5-7-18/h1-3,8-9,18H,4-7,10-17H2,(H,23,26). The van der Waals surface area contributed by atoms with E-state index in [1.54, 1.807) is 4.90 Å². The first kappa shape index (κ1) is 20.4. The van der Waals surface area contributed by atoms with Gasteiger partial charge in [-0.3, -0.25) is 14.4 Å². The Labute approximate surface area is 167 Å². The quantitative estimate of drug-likeness (QED) is 0.780. The van der Waals surface area contributed by atoms with E-state index in [2.05, 4.69) is 5.32 Å². The number of carbonyl (C=O) groups is 3. The van der Waals surface area contributed by atoms with Crippen molar-refractivity contribution in [2.45, 2.75) is 44.9 Å². The van der Waals surface area contributed by atoms with Gasteiger partial charge in [0.15, 0.2) is 0 Å². The zero-order chi connectivity index (χ0) is 19.8. The van der Waals surface area contributed by atoms with E-state index in [1.165, 1.54) is 25.7 Å². The maximum Gasteiger partial charge on any atom is 0.242 e. The molecule has 1 aliphatic carbocycles. The lowest BCUT2D eigenvalue weighted by Crippen LogP contribution is -2.52. The van der Waals surface area contributed by atoms with E-state index in [9.17, 15) is 14.4 Å².